The molecule has 0 bridgehead atoms. The van der Waals surface area contributed by atoms with Crippen LogP contribution in [0.4, 0.5) is 0 Å². The van der Waals surface area contributed by atoms with Gasteiger partial charge in [0.2, 0.25) is 5.91 Å². The number of amides is 1. The van der Waals surface area contributed by atoms with E-state index in [0.717, 1.165) is 25.8 Å². The second-order valence-electron chi connectivity index (χ2n) is 6.04. The molecule has 116 valence electrons. The van der Waals surface area contributed by atoms with Crippen LogP contribution in [0.5, 0.6) is 0 Å². The topological polar surface area (TPSA) is 38.8 Å². The van der Waals surface area contributed by atoms with Crippen LogP contribution in [-0.2, 0) is 14.3 Å². The molecule has 0 aliphatic carbocycles. The molecular weight excluding hydrogens is 254 g/mol. The van der Waals surface area contributed by atoms with Gasteiger partial charge >= 0.3 is 0 Å². The Morgan fingerprint density at radius 2 is 1.80 bits per heavy atom. The molecule has 1 amide bonds. The van der Waals surface area contributed by atoms with Gasteiger partial charge in [-0.1, -0.05) is 39.0 Å². The van der Waals surface area contributed by atoms with E-state index in [1.165, 1.54) is 32.1 Å². The summed E-state index contributed by atoms with van der Waals surface area (Å²) in [4.78, 5) is 14.2. The van der Waals surface area contributed by atoms with Gasteiger partial charge in [-0.3, -0.25) is 4.79 Å². The van der Waals surface area contributed by atoms with E-state index in [0.29, 0.717) is 26.2 Å². The molecule has 0 aromatic rings. The lowest BCUT2D eigenvalue weighted by molar-refractivity contribution is -0.193. The first-order valence-corrected chi connectivity index (χ1v) is 8.31. The second kappa shape index (κ2) is 7.99. The lowest BCUT2D eigenvalue weighted by Gasteiger charge is -2.38. The van der Waals surface area contributed by atoms with Gasteiger partial charge in [-0.25, -0.2) is 0 Å². The van der Waals surface area contributed by atoms with Gasteiger partial charge in [-0.2, -0.15) is 0 Å². The molecule has 0 N–H and O–H groups in total. The molecule has 0 atom stereocenters. The summed E-state index contributed by atoms with van der Waals surface area (Å²) in [5, 5.41) is 0. The Labute approximate surface area is 122 Å². The molecule has 0 radical (unpaired) electrons. The Bertz CT molecular complexity index is 300. The SMILES string of the molecule is CCCCCCCCC(=O)N1CCCC2(C1)OCCO2. The first-order chi connectivity index (χ1) is 9.76. The Kier molecular flexibility index (Phi) is 6.30. The van der Waals surface area contributed by atoms with Crippen molar-refractivity contribution < 1.29 is 14.3 Å². The van der Waals surface area contributed by atoms with Gasteiger partial charge in [0.25, 0.3) is 0 Å². The molecule has 2 saturated heterocycles. The first kappa shape index (κ1) is 15.8. The highest BCUT2D eigenvalue weighted by atomic mass is 16.7. The van der Waals surface area contributed by atoms with E-state index in [-0.39, 0.29) is 5.91 Å². The number of nitrogens with zero attached hydrogens (tertiary/aromatic N) is 1. The summed E-state index contributed by atoms with van der Waals surface area (Å²) >= 11 is 0. The Hall–Kier alpha value is -0.610. The summed E-state index contributed by atoms with van der Waals surface area (Å²) in [5.41, 5.74) is 0. The summed E-state index contributed by atoms with van der Waals surface area (Å²) in [6, 6.07) is 0. The fraction of sp³-hybridized carbons (Fsp3) is 0.938. The number of hydrogen-bond acceptors (Lipinski definition) is 3. The van der Waals surface area contributed by atoms with Gasteiger partial charge in [-0.05, 0) is 12.8 Å². The molecule has 0 aromatic carbocycles. The minimum absolute atomic E-state index is 0.277. The van der Waals surface area contributed by atoms with Gasteiger partial charge in [-0.15, -0.1) is 0 Å². The molecule has 2 rings (SSSR count). The highest BCUT2D eigenvalue weighted by Gasteiger charge is 2.41. The monoisotopic (exact) mass is 283 g/mol. The summed E-state index contributed by atoms with van der Waals surface area (Å²) in [6.07, 6.45) is 9.95. The number of carbonyl (C=O) groups excluding carboxylic acids is 1. The smallest absolute Gasteiger partial charge is 0.222 e. The largest absolute Gasteiger partial charge is 0.346 e. The fourth-order valence-corrected chi connectivity index (χ4v) is 3.15. The summed E-state index contributed by atoms with van der Waals surface area (Å²) in [5.74, 6) is -0.201. The van der Waals surface area contributed by atoms with E-state index in [1.807, 2.05) is 4.90 Å². The van der Waals surface area contributed by atoms with Crippen molar-refractivity contribution in [3.63, 3.8) is 0 Å². The quantitative estimate of drug-likeness (QED) is 0.674. The molecule has 1 spiro atoms. The number of unbranched alkanes of at least 4 members (excludes halogenated alkanes) is 5. The maximum absolute atomic E-state index is 12.2. The van der Waals surface area contributed by atoms with E-state index < -0.39 is 5.79 Å². The average Bonchev–Trinajstić information content (AvgIpc) is 2.90. The van der Waals surface area contributed by atoms with Crippen LogP contribution in [0.3, 0.4) is 0 Å². The Morgan fingerprint density at radius 1 is 1.10 bits per heavy atom. The molecule has 2 aliphatic heterocycles. The molecule has 2 aliphatic rings. The van der Waals surface area contributed by atoms with E-state index in [4.69, 9.17) is 9.47 Å². The number of ether oxygens (including phenoxy) is 2. The van der Waals surface area contributed by atoms with Crippen LogP contribution in [0.25, 0.3) is 0 Å². The highest BCUT2D eigenvalue weighted by Crippen LogP contribution is 2.30. The third-order valence-corrected chi connectivity index (χ3v) is 4.33. The van der Waals surface area contributed by atoms with Crippen LogP contribution >= 0.6 is 0 Å². The van der Waals surface area contributed by atoms with Crippen LogP contribution in [-0.4, -0.2) is 42.9 Å². The maximum atomic E-state index is 12.2. The second-order valence-corrected chi connectivity index (χ2v) is 6.04. The van der Waals surface area contributed by atoms with Gasteiger partial charge in [0.15, 0.2) is 5.79 Å². The van der Waals surface area contributed by atoms with Crippen molar-refractivity contribution in [3.8, 4) is 0 Å². The lowest BCUT2D eigenvalue weighted by atomic mass is 10.0. The molecule has 20 heavy (non-hydrogen) atoms. The standard InChI is InChI=1S/C16H29NO3/c1-2-3-4-5-6-7-9-15(18)17-11-8-10-16(14-17)19-12-13-20-16/h2-14H2,1H3. The molecular formula is C16H29NO3. The van der Waals surface area contributed by atoms with E-state index in [2.05, 4.69) is 6.92 Å². The van der Waals surface area contributed by atoms with Gasteiger partial charge in [0, 0.05) is 19.4 Å². The number of hydrogen-bond donors (Lipinski definition) is 0. The normalized spacial score (nSPS) is 21.6. The van der Waals surface area contributed by atoms with Crippen molar-refractivity contribution in [1.82, 2.24) is 4.90 Å². The number of likely N-dealkylation sites (tertiary alicyclic amines) is 1. The molecule has 0 saturated carbocycles. The van der Waals surface area contributed by atoms with Crippen molar-refractivity contribution in [2.24, 2.45) is 0 Å². The fourth-order valence-electron chi connectivity index (χ4n) is 3.15. The zero-order valence-corrected chi connectivity index (χ0v) is 12.9. The van der Waals surface area contributed by atoms with Gasteiger partial charge in [0.05, 0.1) is 19.8 Å². The summed E-state index contributed by atoms with van der Waals surface area (Å²) in [6.45, 7) is 5.05. The number of rotatable bonds is 7. The predicted molar refractivity (Wildman–Crippen MR) is 78.4 cm³/mol. The van der Waals surface area contributed by atoms with Crippen LogP contribution in [0.15, 0.2) is 0 Å². The first-order valence-electron chi connectivity index (χ1n) is 8.31. The van der Waals surface area contributed by atoms with Crippen LogP contribution in [0.1, 0.15) is 64.7 Å². The molecule has 0 aromatic heterocycles. The molecule has 4 nitrogen and oxygen atoms in total. The summed E-state index contributed by atoms with van der Waals surface area (Å²) < 4.78 is 11.4. The van der Waals surface area contributed by atoms with Gasteiger partial charge < -0.3 is 14.4 Å². The van der Waals surface area contributed by atoms with Crippen molar-refractivity contribution in [2.75, 3.05) is 26.3 Å². The van der Waals surface area contributed by atoms with Crippen molar-refractivity contribution >= 4 is 5.91 Å². The number of carbonyl (C=O) groups is 1. The van der Waals surface area contributed by atoms with E-state index >= 15 is 0 Å². The molecule has 0 unspecified atom stereocenters. The molecule has 4 heteroatoms. The minimum Gasteiger partial charge on any atom is -0.346 e. The zero-order valence-electron chi connectivity index (χ0n) is 12.9. The van der Waals surface area contributed by atoms with E-state index in [9.17, 15) is 4.79 Å². The van der Waals surface area contributed by atoms with Crippen LogP contribution in [0, 0.1) is 0 Å². The van der Waals surface area contributed by atoms with Crippen LogP contribution in [0.2, 0.25) is 0 Å². The van der Waals surface area contributed by atoms with E-state index in [1.54, 1.807) is 0 Å². The lowest BCUT2D eigenvalue weighted by Crippen LogP contribution is -2.50. The van der Waals surface area contributed by atoms with Gasteiger partial charge in [0.1, 0.15) is 0 Å². The maximum Gasteiger partial charge on any atom is 0.222 e. The van der Waals surface area contributed by atoms with Crippen molar-refractivity contribution in [1.29, 1.82) is 0 Å². The van der Waals surface area contributed by atoms with Crippen molar-refractivity contribution in [3.05, 3.63) is 0 Å². The minimum atomic E-state index is -0.477. The average molecular weight is 283 g/mol. The van der Waals surface area contributed by atoms with Crippen LogP contribution < -0.4 is 0 Å². The Morgan fingerprint density at radius 3 is 2.55 bits per heavy atom. The molecule has 2 heterocycles. The highest BCUT2D eigenvalue weighted by molar-refractivity contribution is 5.76. The zero-order chi connectivity index (χ0) is 14.3. The van der Waals surface area contributed by atoms with Crippen molar-refractivity contribution in [2.45, 2.75) is 70.5 Å². The predicted octanol–water partition coefficient (Wildman–Crippen LogP) is 3.10. The third-order valence-electron chi connectivity index (χ3n) is 4.33. The molecule has 2 fully saturated rings. The Balaban J connectivity index is 1.64. The third kappa shape index (κ3) is 4.45. The summed E-state index contributed by atoms with van der Waals surface area (Å²) in [7, 11) is 0. The number of piperidine rings is 1.